The van der Waals surface area contributed by atoms with Gasteiger partial charge in [0.05, 0.1) is 6.04 Å². The number of piperidine rings is 1. The van der Waals surface area contributed by atoms with E-state index in [0.29, 0.717) is 41.5 Å². The first-order valence-electron chi connectivity index (χ1n) is 12.1. The average Bonchev–Trinajstić information content (AvgIpc) is 2.77. The predicted molar refractivity (Wildman–Crippen MR) is 140 cm³/mol. The standard InChI is InChI=1S/C26H35Cl2N3O2S/c1-19(2)15-29-13-11-20(12-14-29)16-31(34(32)33)25-17-30(18-25)26(21-3-7-23(27)8-4-21)22-5-9-24(28)10-6-22/h3-10,19-20,25-26H,11-18H2,1-2H3,(H,32,33)/p-1. The number of rotatable bonds is 9. The summed E-state index contributed by atoms with van der Waals surface area (Å²) in [6.45, 7) is 9.78. The molecular weight excluding hydrogens is 489 g/mol. The minimum Gasteiger partial charge on any atom is -0.760 e. The minimum absolute atomic E-state index is 0.00845. The van der Waals surface area contributed by atoms with Gasteiger partial charge in [0, 0.05) is 53.5 Å². The van der Waals surface area contributed by atoms with Crippen molar-refractivity contribution < 1.29 is 8.76 Å². The van der Waals surface area contributed by atoms with Crippen molar-refractivity contribution in [2.75, 3.05) is 39.3 Å². The van der Waals surface area contributed by atoms with Crippen LogP contribution in [0.2, 0.25) is 10.0 Å². The number of nitrogens with zero attached hydrogens (tertiary/aromatic N) is 3. The molecule has 0 radical (unpaired) electrons. The van der Waals surface area contributed by atoms with Gasteiger partial charge in [-0.3, -0.25) is 9.11 Å². The Morgan fingerprint density at radius 2 is 1.47 bits per heavy atom. The number of likely N-dealkylation sites (tertiary alicyclic amines) is 2. The topological polar surface area (TPSA) is 49.8 Å². The van der Waals surface area contributed by atoms with Crippen LogP contribution in [0.3, 0.4) is 0 Å². The van der Waals surface area contributed by atoms with Crippen LogP contribution in [0.1, 0.15) is 43.9 Å². The highest BCUT2D eigenvalue weighted by atomic mass is 35.5. The van der Waals surface area contributed by atoms with Crippen LogP contribution in [-0.2, 0) is 11.3 Å². The summed E-state index contributed by atoms with van der Waals surface area (Å²) >= 11 is 10.0. The van der Waals surface area contributed by atoms with Crippen LogP contribution in [0, 0.1) is 11.8 Å². The summed E-state index contributed by atoms with van der Waals surface area (Å²) < 4.78 is 26.0. The van der Waals surface area contributed by atoms with Gasteiger partial charge in [-0.25, -0.2) is 4.31 Å². The summed E-state index contributed by atoms with van der Waals surface area (Å²) in [5.74, 6) is 1.09. The van der Waals surface area contributed by atoms with Gasteiger partial charge in [-0.1, -0.05) is 61.3 Å². The Balaban J connectivity index is 1.41. The second kappa shape index (κ2) is 11.8. The Kier molecular flexibility index (Phi) is 9.08. The fourth-order valence-electron chi connectivity index (χ4n) is 5.24. The molecule has 0 N–H and O–H groups in total. The van der Waals surface area contributed by atoms with Crippen LogP contribution in [-0.4, -0.2) is 68.2 Å². The normalized spacial score (nSPS) is 19.8. The van der Waals surface area contributed by atoms with Gasteiger partial charge in [-0.15, -0.1) is 0 Å². The molecule has 4 rings (SSSR count). The molecular formula is C26H34Cl2N3O2S-. The highest BCUT2D eigenvalue weighted by Gasteiger charge is 2.38. The summed E-state index contributed by atoms with van der Waals surface area (Å²) in [5, 5.41) is 1.40. The highest BCUT2D eigenvalue weighted by molar-refractivity contribution is 7.76. The number of benzene rings is 2. The highest BCUT2D eigenvalue weighted by Crippen LogP contribution is 2.35. The zero-order valence-corrected chi connectivity index (χ0v) is 22.2. The second-order valence-electron chi connectivity index (χ2n) is 10.1. The Morgan fingerprint density at radius 3 is 1.91 bits per heavy atom. The van der Waals surface area contributed by atoms with E-state index >= 15 is 0 Å². The molecule has 0 saturated carbocycles. The van der Waals surface area contributed by atoms with E-state index in [9.17, 15) is 8.76 Å². The van der Waals surface area contributed by atoms with E-state index in [2.05, 4.69) is 23.6 Å². The lowest BCUT2D eigenvalue weighted by Crippen LogP contribution is -2.61. The molecule has 1 atom stereocenters. The van der Waals surface area contributed by atoms with Crippen molar-refractivity contribution in [2.24, 2.45) is 11.8 Å². The third-order valence-electron chi connectivity index (χ3n) is 6.99. The molecule has 0 spiro atoms. The van der Waals surface area contributed by atoms with E-state index in [0.717, 1.165) is 43.6 Å². The Morgan fingerprint density at radius 1 is 0.971 bits per heavy atom. The molecule has 2 aromatic carbocycles. The summed E-state index contributed by atoms with van der Waals surface area (Å²) in [5.41, 5.74) is 2.27. The summed E-state index contributed by atoms with van der Waals surface area (Å²) in [6, 6.07) is 15.8. The van der Waals surface area contributed by atoms with Crippen LogP contribution < -0.4 is 0 Å². The predicted octanol–water partition coefficient (Wildman–Crippen LogP) is 5.23. The molecule has 2 aliphatic rings. The molecule has 2 fully saturated rings. The molecule has 1 unspecified atom stereocenters. The average molecular weight is 524 g/mol. The van der Waals surface area contributed by atoms with Crippen molar-refractivity contribution in [1.29, 1.82) is 0 Å². The lowest BCUT2D eigenvalue weighted by molar-refractivity contribution is 0.0408. The molecule has 2 aromatic rings. The van der Waals surface area contributed by atoms with E-state index in [-0.39, 0.29) is 12.1 Å². The van der Waals surface area contributed by atoms with Crippen molar-refractivity contribution in [1.82, 2.24) is 14.1 Å². The SMILES string of the molecule is CC(C)CN1CCC(CN(C2CN(C(c3ccc(Cl)cc3)c3ccc(Cl)cc3)C2)S(=O)[O-])CC1. The first kappa shape index (κ1) is 26.1. The summed E-state index contributed by atoms with van der Waals surface area (Å²) in [6.07, 6.45) is 2.13. The zero-order chi connectivity index (χ0) is 24.2. The number of halogens is 2. The molecule has 34 heavy (non-hydrogen) atoms. The maximum Gasteiger partial charge on any atom is 0.0602 e. The van der Waals surface area contributed by atoms with E-state index in [1.165, 1.54) is 0 Å². The van der Waals surface area contributed by atoms with Crippen LogP contribution in [0.25, 0.3) is 0 Å². The molecule has 8 heteroatoms. The van der Waals surface area contributed by atoms with Crippen LogP contribution in [0.5, 0.6) is 0 Å². The van der Waals surface area contributed by atoms with Gasteiger partial charge in [-0.05, 0) is 73.2 Å². The van der Waals surface area contributed by atoms with Gasteiger partial charge in [0.1, 0.15) is 0 Å². The summed E-state index contributed by atoms with van der Waals surface area (Å²) in [7, 11) is 0. The Bertz CT molecular complexity index is 898. The van der Waals surface area contributed by atoms with Crippen LogP contribution >= 0.6 is 23.2 Å². The van der Waals surface area contributed by atoms with Crippen molar-refractivity contribution >= 4 is 34.5 Å². The molecule has 0 aromatic heterocycles. The van der Waals surface area contributed by atoms with Crippen molar-refractivity contribution in [3.63, 3.8) is 0 Å². The molecule has 0 bridgehead atoms. The van der Waals surface area contributed by atoms with Gasteiger partial charge in [0.25, 0.3) is 0 Å². The van der Waals surface area contributed by atoms with Gasteiger partial charge in [0.2, 0.25) is 0 Å². The van der Waals surface area contributed by atoms with Gasteiger partial charge < -0.3 is 9.45 Å². The Hall–Kier alpha value is -0.990. The molecule has 2 heterocycles. The molecule has 0 amide bonds. The van der Waals surface area contributed by atoms with Gasteiger partial charge in [-0.2, -0.15) is 0 Å². The second-order valence-corrected chi connectivity index (χ2v) is 11.8. The lowest BCUT2D eigenvalue weighted by Gasteiger charge is -2.50. The quantitative estimate of drug-likeness (QED) is 0.423. The van der Waals surface area contributed by atoms with Crippen LogP contribution in [0.4, 0.5) is 0 Å². The minimum atomic E-state index is -2.22. The van der Waals surface area contributed by atoms with E-state index < -0.39 is 11.3 Å². The smallest absolute Gasteiger partial charge is 0.0602 e. The Labute approximate surface area is 216 Å². The fraction of sp³-hybridized carbons (Fsp3) is 0.538. The molecule has 186 valence electrons. The van der Waals surface area contributed by atoms with E-state index in [1.807, 2.05) is 48.5 Å². The molecule has 0 aliphatic carbocycles. The fourth-order valence-corrected chi connectivity index (χ4v) is 6.20. The maximum atomic E-state index is 12.2. The van der Waals surface area contributed by atoms with Crippen molar-refractivity contribution in [3.8, 4) is 0 Å². The third kappa shape index (κ3) is 6.61. The molecule has 2 aliphatic heterocycles. The molecule has 5 nitrogen and oxygen atoms in total. The number of hydrogen-bond acceptors (Lipinski definition) is 4. The van der Waals surface area contributed by atoms with E-state index in [1.54, 1.807) is 4.31 Å². The monoisotopic (exact) mass is 522 g/mol. The first-order valence-corrected chi connectivity index (χ1v) is 13.9. The van der Waals surface area contributed by atoms with Gasteiger partial charge >= 0.3 is 0 Å². The third-order valence-corrected chi connectivity index (χ3v) is 8.33. The largest absolute Gasteiger partial charge is 0.760 e. The molecule has 2 saturated heterocycles. The number of hydrogen-bond donors (Lipinski definition) is 0. The zero-order valence-electron chi connectivity index (χ0n) is 19.9. The maximum absolute atomic E-state index is 12.2. The van der Waals surface area contributed by atoms with Crippen LogP contribution in [0.15, 0.2) is 48.5 Å². The van der Waals surface area contributed by atoms with Crippen molar-refractivity contribution in [2.45, 2.75) is 38.8 Å². The van der Waals surface area contributed by atoms with Crippen molar-refractivity contribution in [3.05, 3.63) is 69.7 Å². The van der Waals surface area contributed by atoms with Gasteiger partial charge in [0.15, 0.2) is 0 Å². The lowest BCUT2D eigenvalue weighted by atomic mass is 9.92. The summed E-state index contributed by atoms with van der Waals surface area (Å²) in [4.78, 5) is 4.84. The first-order chi connectivity index (χ1) is 16.3. The van der Waals surface area contributed by atoms with E-state index in [4.69, 9.17) is 23.2 Å².